The van der Waals surface area contributed by atoms with Crippen LogP contribution in [0.4, 0.5) is 0 Å². The van der Waals surface area contributed by atoms with Gasteiger partial charge in [0.1, 0.15) is 12.4 Å². The number of ether oxygens (including phenoxy) is 1. The summed E-state index contributed by atoms with van der Waals surface area (Å²) in [4.78, 5) is 1.22. The van der Waals surface area contributed by atoms with E-state index in [0.717, 1.165) is 5.75 Å². The first-order valence-corrected chi connectivity index (χ1v) is 8.50. The zero-order valence-electron chi connectivity index (χ0n) is 13.6. The molecule has 112 valence electrons. The van der Waals surface area contributed by atoms with Gasteiger partial charge in [0.15, 0.2) is 0 Å². The van der Waals surface area contributed by atoms with E-state index in [2.05, 4.69) is 58.2 Å². The van der Waals surface area contributed by atoms with E-state index in [0.29, 0.717) is 6.61 Å². The molecular weight excluding hydrogens is 276 g/mol. The molecule has 0 saturated carbocycles. The van der Waals surface area contributed by atoms with Gasteiger partial charge in [-0.15, -0.1) is 11.8 Å². The van der Waals surface area contributed by atoms with Crippen molar-refractivity contribution in [2.45, 2.75) is 44.6 Å². The Morgan fingerprint density at radius 3 is 2.29 bits per heavy atom. The van der Waals surface area contributed by atoms with Gasteiger partial charge in [-0.2, -0.15) is 0 Å². The van der Waals surface area contributed by atoms with Crippen LogP contribution in [0, 0.1) is 6.92 Å². The maximum absolute atomic E-state index is 6.21. The lowest BCUT2D eigenvalue weighted by Gasteiger charge is -2.25. The van der Waals surface area contributed by atoms with Crippen molar-refractivity contribution in [3.8, 4) is 5.75 Å². The van der Waals surface area contributed by atoms with E-state index in [9.17, 15) is 0 Å². The van der Waals surface area contributed by atoms with Crippen LogP contribution in [0.1, 0.15) is 37.5 Å². The first-order valence-electron chi connectivity index (χ1n) is 7.27. The molecule has 0 N–H and O–H groups in total. The lowest BCUT2D eigenvalue weighted by Crippen LogP contribution is -2.14. The molecule has 0 spiro atoms. The van der Waals surface area contributed by atoms with E-state index >= 15 is 0 Å². The molecule has 0 aliphatic rings. The molecule has 0 aromatic heterocycles. The standard InChI is InChI=1S/C19H24OS/c1-14-11-16(19(2,3)4)18(17(12-14)21-5)20-13-15-9-7-6-8-10-15/h6-12H,13H2,1-5H3. The molecule has 0 aliphatic carbocycles. The molecule has 0 bridgehead atoms. The third-order valence-electron chi connectivity index (χ3n) is 3.45. The Morgan fingerprint density at radius 1 is 1.05 bits per heavy atom. The Labute approximate surface area is 132 Å². The highest BCUT2D eigenvalue weighted by Gasteiger charge is 2.22. The van der Waals surface area contributed by atoms with E-state index in [4.69, 9.17) is 4.74 Å². The fourth-order valence-corrected chi connectivity index (χ4v) is 2.99. The summed E-state index contributed by atoms with van der Waals surface area (Å²) >= 11 is 1.75. The van der Waals surface area contributed by atoms with Gasteiger partial charge in [0, 0.05) is 10.5 Å². The van der Waals surface area contributed by atoms with E-state index in [1.54, 1.807) is 11.8 Å². The number of thioether (sulfide) groups is 1. The van der Waals surface area contributed by atoms with Gasteiger partial charge in [-0.3, -0.25) is 0 Å². The SMILES string of the molecule is CSc1cc(C)cc(C(C)(C)C)c1OCc1ccccc1. The molecule has 2 aromatic rings. The Hall–Kier alpha value is -1.41. The predicted molar refractivity (Wildman–Crippen MR) is 92.4 cm³/mol. The average Bonchev–Trinajstić information content (AvgIpc) is 2.45. The Bertz CT molecular complexity index is 597. The molecule has 0 heterocycles. The second kappa shape index (κ2) is 6.57. The van der Waals surface area contributed by atoms with Crippen molar-refractivity contribution in [3.05, 3.63) is 59.2 Å². The van der Waals surface area contributed by atoms with Crippen LogP contribution in [-0.2, 0) is 12.0 Å². The third-order valence-corrected chi connectivity index (χ3v) is 4.20. The minimum atomic E-state index is 0.0719. The largest absolute Gasteiger partial charge is 0.487 e. The van der Waals surface area contributed by atoms with Crippen LogP contribution in [-0.4, -0.2) is 6.26 Å². The van der Waals surface area contributed by atoms with E-state index in [1.807, 2.05) is 18.2 Å². The smallest absolute Gasteiger partial charge is 0.137 e. The number of aryl methyl sites for hydroxylation is 1. The quantitative estimate of drug-likeness (QED) is 0.680. The topological polar surface area (TPSA) is 9.23 Å². The molecule has 0 saturated heterocycles. The number of rotatable bonds is 4. The summed E-state index contributed by atoms with van der Waals surface area (Å²) in [5.41, 5.74) is 3.84. The third kappa shape index (κ3) is 4.04. The molecule has 0 amide bonds. The van der Waals surface area contributed by atoms with Crippen LogP contribution in [0.25, 0.3) is 0 Å². The highest BCUT2D eigenvalue weighted by atomic mass is 32.2. The minimum absolute atomic E-state index is 0.0719. The van der Waals surface area contributed by atoms with Crippen molar-refractivity contribution in [2.75, 3.05) is 6.26 Å². The summed E-state index contributed by atoms with van der Waals surface area (Å²) in [6.45, 7) is 9.47. The number of hydrogen-bond donors (Lipinski definition) is 0. The molecule has 2 aromatic carbocycles. The highest BCUT2D eigenvalue weighted by Crippen LogP contribution is 2.39. The molecule has 0 unspecified atom stereocenters. The van der Waals surface area contributed by atoms with Gasteiger partial charge >= 0.3 is 0 Å². The van der Waals surface area contributed by atoms with E-state index < -0.39 is 0 Å². The molecule has 2 rings (SSSR count). The van der Waals surface area contributed by atoms with Crippen LogP contribution in [0.15, 0.2) is 47.4 Å². The van der Waals surface area contributed by atoms with Gasteiger partial charge in [0.25, 0.3) is 0 Å². The van der Waals surface area contributed by atoms with Gasteiger partial charge in [0.2, 0.25) is 0 Å². The summed E-state index contributed by atoms with van der Waals surface area (Å²) in [7, 11) is 0. The summed E-state index contributed by atoms with van der Waals surface area (Å²) in [6.07, 6.45) is 2.11. The average molecular weight is 300 g/mol. The van der Waals surface area contributed by atoms with Gasteiger partial charge in [-0.05, 0) is 35.8 Å². The summed E-state index contributed by atoms with van der Waals surface area (Å²) in [5.74, 6) is 1.03. The van der Waals surface area contributed by atoms with Gasteiger partial charge in [0.05, 0.1) is 0 Å². The maximum atomic E-state index is 6.21. The monoisotopic (exact) mass is 300 g/mol. The van der Waals surface area contributed by atoms with Crippen molar-refractivity contribution in [3.63, 3.8) is 0 Å². The number of hydrogen-bond acceptors (Lipinski definition) is 2. The highest BCUT2D eigenvalue weighted by molar-refractivity contribution is 7.98. The lowest BCUT2D eigenvalue weighted by atomic mass is 9.85. The van der Waals surface area contributed by atoms with E-state index in [1.165, 1.54) is 21.6 Å². The van der Waals surface area contributed by atoms with Crippen molar-refractivity contribution in [2.24, 2.45) is 0 Å². The van der Waals surface area contributed by atoms with Crippen molar-refractivity contribution >= 4 is 11.8 Å². The zero-order chi connectivity index (χ0) is 15.5. The molecule has 0 atom stereocenters. The number of benzene rings is 2. The molecule has 1 nitrogen and oxygen atoms in total. The fraction of sp³-hybridized carbons (Fsp3) is 0.368. The van der Waals surface area contributed by atoms with Crippen molar-refractivity contribution in [1.29, 1.82) is 0 Å². The lowest BCUT2D eigenvalue weighted by molar-refractivity contribution is 0.290. The molecular formula is C19H24OS. The first-order chi connectivity index (χ1) is 9.91. The van der Waals surface area contributed by atoms with Crippen molar-refractivity contribution in [1.82, 2.24) is 0 Å². The van der Waals surface area contributed by atoms with Crippen LogP contribution in [0.2, 0.25) is 0 Å². The molecule has 2 heteroatoms. The second-order valence-corrected chi connectivity index (χ2v) is 7.22. The summed E-state index contributed by atoms with van der Waals surface area (Å²) in [5, 5.41) is 0. The predicted octanol–water partition coefficient (Wildman–Crippen LogP) is 5.59. The Balaban J connectivity index is 2.36. The summed E-state index contributed by atoms with van der Waals surface area (Å²) in [6, 6.07) is 14.8. The molecule has 0 fully saturated rings. The Morgan fingerprint density at radius 2 is 1.71 bits per heavy atom. The second-order valence-electron chi connectivity index (χ2n) is 6.37. The summed E-state index contributed by atoms with van der Waals surface area (Å²) < 4.78 is 6.21. The normalized spacial score (nSPS) is 11.5. The van der Waals surface area contributed by atoms with Crippen LogP contribution < -0.4 is 4.74 Å². The fourth-order valence-electron chi connectivity index (χ4n) is 2.33. The van der Waals surface area contributed by atoms with Crippen LogP contribution in [0.5, 0.6) is 5.75 Å². The molecule has 0 aliphatic heterocycles. The van der Waals surface area contributed by atoms with Crippen LogP contribution >= 0.6 is 11.8 Å². The van der Waals surface area contributed by atoms with Gasteiger partial charge in [-0.1, -0.05) is 57.2 Å². The first kappa shape index (κ1) is 16.0. The molecule has 0 radical (unpaired) electrons. The Kier molecular flexibility index (Phi) is 5.00. The maximum Gasteiger partial charge on any atom is 0.137 e. The van der Waals surface area contributed by atoms with E-state index in [-0.39, 0.29) is 5.41 Å². The van der Waals surface area contributed by atoms with Gasteiger partial charge in [-0.25, -0.2) is 0 Å². The van der Waals surface area contributed by atoms with Crippen molar-refractivity contribution < 1.29 is 4.74 Å². The van der Waals surface area contributed by atoms with Crippen LogP contribution in [0.3, 0.4) is 0 Å². The van der Waals surface area contributed by atoms with Gasteiger partial charge < -0.3 is 4.74 Å². The molecule has 21 heavy (non-hydrogen) atoms. The zero-order valence-corrected chi connectivity index (χ0v) is 14.4. The minimum Gasteiger partial charge on any atom is -0.487 e.